The number of para-hydroxylation sites is 1. The molecule has 0 bridgehead atoms. The zero-order chi connectivity index (χ0) is 27.8. The van der Waals surface area contributed by atoms with E-state index in [1.165, 1.54) is 9.91 Å². The summed E-state index contributed by atoms with van der Waals surface area (Å²) in [6, 6.07) is 21.5. The molecule has 1 heterocycles. The molecule has 1 atom stereocenters. The van der Waals surface area contributed by atoms with E-state index >= 15 is 0 Å². The van der Waals surface area contributed by atoms with Crippen LogP contribution in [-0.2, 0) is 9.53 Å². The van der Waals surface area contributed by atoms with Crippen molar-refractivity contribution in [1.82, 2.24) is 9.91 Å². The molecule has 0 radical (unpaired) electrons. The highest BCUT2D eigenvalue weighted by Crippen LogP contribution is 2.37. The Morgan fingerprint density at radius 3 is 2.33 bits per heavy atom. The molecule has 9 nitrogen and oxygen atoms in total. The third kappa shape index (κ3) is 6.38. The van der Waals surface area contributed by atoms with E-state index in [1.807, 2.05) is 48.5 Å². The molecule has 4 rings (SSSR count). The minimum atomic E-state index is -0.407. The SMILES string of the molecule is COCCN(CC(=O)N1N=C(c2cccc(OC)c2)CC1c1ccccc1OC)C(=O)c1ccc(OC)cc1. The van der Waals surface area contributed by atoms with Crippen LogP contribution in [0.15, 0.2) is 77.9 Å². The lowest BCUT2D eigenvalue weighted by Crippen LogP contribution is -2.42. The first kappa shape index (κ1) is 27.7. The summed E-state index contributed by atoms with van der Waals surface area (Å²) in [7, 11) is 6.33. The molecule has 0 spiro atoms. The molecule has 39 heavy (non-hydrogen) atoms. The van der Waals surface area contributed by atoms with E-state index in [2.05, 4.69) is 0 Å². The van der Waals surface area contributed by atoms with E-state index < -0.39 is 6.04 Å². The molecular formula is C30H33N3O6. The van der Waals surface area contributed by atoms with Crippen molar-refractivity contribution in [3.63, 3.8) is 0 Å². The summed E-state index contributed by atoms with van der Waals surface area (Å²) < 4.78 is 21.4. The first-order valence-electron chi connectivity index (χ1n) is 12.6. The second-order valence-corrected chi connectivity index (χ2v) is 8.93. The molecule has 0 fully saturated rings. The quantitative estimate of drug-likeness (QED) is 0.369. The number of amides is 2. The maximum atomic E-state index is 13.8. The van der Waals surface area contributed by atoms with Gasteiger partial charge in [0.05, 0.1) is 39.7 Å². The lowest BCUT2D eigenvalue weighted by atomic mass is 9.97. The van der Waals surface area contributed by atoms with Gasteiger partial charge in [-0.05, 0) is 42.5 Å². The van der Waals surface area contributed by atoms with Gasteiger partial charge in [-0.25, -0.2) is 5.01 Å². The van der Waals surface area contributed by atoms with Crippen LogP contribution < -0.4 is 14.2 Å². The number of carbonyl (C=O) groups excluding carboxylic acids is 2. The number of hydrazone groups is 1. The largest absolute Gasteiger partial charge is 0.497 e. The fourth-order valence-electron chi connectivity index (χ4n) is 4.51. The molecule has 1 aliphatic rings. The Bertz CT molecular complexity index is 1320. The van der Waals surface area contributed by atoms with Gasteiger partial charge in [0.1, 0.15) is 23.8 Å². The van der Waals surface area contributed by atoms with Crippen molar-refractivity contribution < 1.29 is 28.5 Å². The lowest BCUT2D eigenvalue weighted by molar-refractivity contribution is -0.133. The zero-order valence-corrected chi connectivity index (χ0v) is 22.6. The average molecular weight is 532 g/mol. The number of benzene rings is 3. The van der Waals surface area contributed by atoms with Gasteiger partial charge in [0.2, 0.25) is 0 Å². The van der Waals surface area contributed by atoms with E-state index in [9.17, 15) is 9.59 Å². The maximum Gasteiger partial charge on any atom is 0.262 e. The van der Waals surface area contributed by atoms with Crippen LogP contribution in [0.1, 0.15) is 33.9 Å². The standard InChI is InChI=1S/C30H33N3O6/c1-36-17-16-32(30(35)21-12-14-23(37-2)15-13-21)20-29(34)33-27(25-10-5-6-11-28(25)39-4)19-26(31-33)22-8-7-9-24(18-22)38-3/h5-15,18,27H,16-17,19-20H2,1-4H3. The van der Waals surface area contributed by atoms with Crippen molar-refractivity contribution in [1.29, 1.82) is 0 Å². The zero-order valence-electron chi connectivity index (χ0n) is 22.6. The monoisotopic (exact) mass is 531 g/mol. The van der Waals surface area contributed by atoms with Crippen molar-refractivity contribution in [3.05, 3.63) is 89.5 Å². The Balaban J connectivity index is 1.66. The summed E-state index contributed by atoms with van der Waals surface area (Å²) in [5.41, 5.74) is 2.88. The molecule has 0 aliphatic carbocycles. The van der Waals surface area contributed by atoms with Gasteiger partial charge >= 0.3 is 0 Å². The summed E-state index contributed by atoms with van der Waals surface area (Å²) >= 11 is 0. The highest BCUT2D eigenvalue weighted by Gasteiger charge is 2.36. The van der Waals surface area contributed by atoms with Gasteiger partial charge < -0.3 is 23.8 Å². The van der Waals surface area contributed by atoms with Crippen LogP contribution in [0.4, 0.5) is 0 Å². The maximum absolute atomic E-state index is 13.8. The fourth-order valence-corrected chi connectivity index (χ4v) is 4.51. The van der Waals surface area contributed by atoms with Gasteiger partial charge in [-0.3, -0.25) is 9.59 Å². The third-order valence-electron chi connectivity index (χ3n) is 6.58. The van der Waals surface area contributed by atoms with Crippen LogP contribution in [0.3, 0.4) is 0 Å². The van der Waals surface area contributed by atoms with Gasteiger partial charge in [-0.2, -0.15) is 5.10 Å². The summed E-state index contributed by atoms with van der Waals surface area (Å²) in [6.45, 7) is 0.352. The molecule has 1 aliphatic heterocycles. The molecule has 3 aromatic rings. The van der Waals surface area contributed by atoms with Crippen LogP contribution in [0, 0.1) is 0 Å². The van der Waals surface area contributed by atoms with Crippen molar-refractivity contribution in [2.45, 2.75) is 12.5 Å². The van der Waals surface area contributed by atoms with Gasteiger partial charge in [0.15, 0.2) is 0 Å². The van der Waals surface area contributed by atoms with Crippen molar-refractivity contribution in [2.24, 2.45) is 5.10 Å². The fraction of sp³-hybridized carbons (Fsp3) is 0.300. The number of methoxy groups -OCH3 is 4. The summed E-state index contributed by atoms with van der Waals surface area (Å²) in [6.07, 6.45) is 0.476. The number of carbonyl (C=O) groups is 2. The predicted octanol–water partition coefficient (Wildman–Crippen LogP) is 4.18. The summed E-state index contributed by atoms with van der Waals surface area (Å²) in [4.78, 5) is 28.7. The van der Waals surface area contributed by atoms with Gasteiger partial charge in [-0.15, -0.1) is 0 Å². The van der Waals surface area contributed by atoms with E-state index in [0.29, 0.717) is 29.2 Å². The second kappa shape index (κ2) is 12.9. The predicted molar refractivity (Wildman–Crippen MR) is 148 cm³/mol. The smallest absolute Gasteiger partial charge is 0.262 e. The minimum absolute atomic E-state index is 0.172. The second-order valence-electron chi connectivity index (χ2n) is 8.93. The van der Waals surface area contributed by atoms with Crippen molar-refractivity contribution >= 4 is 17.5 Å². The van der Waals surface area contributed by atoms with Crippen LogP contribution >= 0.6 is 0 Å². The summed E-state index contributed by atoms with van der Waals surface area (Å²) in [5, 5.41) is 6.22. The van der Waals surface area contributed by atoms with E-state index in [1.54, 1.807) is 52.7 Å². The molecule has 204 valence electrons. The van der Waals surface area contributed by atoms with Gasteiger partial charge in [0.25, 0.3) is 11.8 Å². The van der Waals surface area contributed by atoms with Gasteiger partial charge in [0, 0.05) is 36.8 Å². The van der Waals surface area contributed by atoms with Crippen molar-refractivity contribution in [2.75, 3.05) is 48.1 Å². The van der Waals surface area contributed by atoms with Crippen LogP contribution in [0.25, 0.3) is 0 Å². The Kier molecular flexibility index (Phi) is 9.17. The number of hydrogen-bond donors (Lipinski definition) is 0. The van der Waals surface area contributed by atoms with Crippen molar-refractivity contribution in [3.8, 4) is 17.2 Å². The molecule has 0 N–H and O–H groups in total. The summed E-state index contributed by atoms with van der Waals surface area (Å²) in [5.74, 6) is 1.40. The first-order chi connectivity index (χ1) is 19.0. The number of ether oxygens (including phenoxy) is 4. The highest BCUT2D eigenvalue weighted by molar-refractivity contribution is 6.04. The Hall–Kier alpha value is -4.37. The van der Waals surface area contributed by atoms with E-state index in [0.717, 1.165) is 16.8 Å². The normalized spacial score (nSPS) is 14.5. The van der Waals surface area contributed by atoms with Gasteiger partial charge in [-0.1, -0.05) is 30.3 Å². The molecule has 3 aromatic carbocycles. The Morgan fingerprint density at radius 1 is 0.897 bits per heavy atom. The van der Waals surface area contributed by atoms with Crippen LogP contribution in [-0.4, -0.2) is 75.6 Å². The average Bonchev–Trinajstić information content (AvgIpc) is 3.44. The van der Waals surface area contributed by atoms with Crippen LogP contribution in [0.5, 0.6) is 17.2 Å². The first-order valence-corrected chi connectivity index (χ1v) is 12.6. The molecular weight excluding hydrogens is 498 g/mol. The minimum Gasteiger partial charge on any atom is -0.497 e. The third-order valence-corrected chi connectivity index (χ3v) is 6.58. The Labute approximate surface area is 228 Å². The number of nitrogens with zero attached hydrogens (tertiary/aromatic N) is 3. The molecule has 0 saturated heterocycles. The van der Waals surface area contributed by atoms with E-state index in [-0.39, 0.29) is 31.5 Å². The van der Waals surface area contributed by atoms with Crippen LogP contribution in [0.2, 0.25) is 0 Å². The molecule has 2 amide bonds. The molecule has 9 heteroatoms. The highest BCUT2D eigenvalue weighted by atomic mass is 16.5. The number of hydrogen-bond acceptors (Lipinski definition) is 7. The van der Waals surface area contributed by atoms with E-state index in [4.69, 9.17) is 24.0 Å². The Morgan fingerprint density at radius 2 is 1.64 bits per heavy atom. The lowest BCUT2D eigenvalue weighted by Gasteiger charge is -2.27. The molecule has 0 saturated carbocycles. The topological polar surface area (TPSA) is 89.9 Å². The molecule has 1 unspecified atom stereocenters. The molecule has 0 aromatic heterocycles. The number of rotatable bonds is 11.